The molecule has 0 aliphatic heterocycles. The number of methoxy groups -OCH3 is 1. The molecule has 10 nitrogen and oxygen atoms in total. The summed E-state index contributed by atoms with van der Waals surface area (Å²) in [6.45, 7) is 3.55. The van der Waals surface area contributed by atoms with Crippen LogP contribution in [0.2, 0.25) is 0 Å². The molecule has 51 heavy (non-hydrogen) atoms. The van der Waals surface area contributed by atoms with Crippen LogP contribution in [-0.4, -0.2) is 51.6 Å². The summed E-state index contributed by atoms with van der Waals surface area (Å²) in [5.41, 5.74) is 8.23. The first-order valence-corrected chi connectivity index (χ1v) is 16.3. The third-order valence-electron chi connectivity index (χ3n) is 8.38. The van der Waals surface area contributed by atoms with Gasteiger partial charge in [0.25, 0.3) is 11.8 Å². The summed E-state index contributed by atoms with van der Waals surface area (Å²) in [7, 11) is 1.60. The van der Waals surface area contributed by atoms with E-state index in [0.29, 0.717) is 28.5 Å². The molecule has 0 saturated carbocycles. The molecule has 2 N–H and O–H groups in total. The zero-order chi connectivity index (χ0) is 35.9. The fourth-order valence-corrected chi connectivity index (χ4v) is 5.67. The van der Waals surface area contributed by atoms with Gasteiger partial charge in [0.2, 0.25) is 11.7 Å². The molecule has 10 heteroatoms. The normalized spacial score (nSPS) is 10.8. The molecular formula is C41H36N4O6. The number of nitrogens with one attached hydrogen (secondary N) is 1. The van der Waals surface area contributed by atoms with E-state index in [2.05, 4.69) is 46.6 Å². The Bertz CT molecular complexity index is 2160. The SMILES string of the molecule is COc1ccc(CC(=O)Nc2ccc(C(=O)N(CC(=O)O)Cc3ccc(-c4noc(-c5ccc(-c6ccc(C)cc6)cc5)n4)cc3)cc2)cc1C. The van der Waals surface area contributed by atoms with Gasteiger partial charge in [-0.2, -0.15) is 4.98 Å². The van der Waals surface area contributed by atoms with E-state index in [1.54, 1.807) is 55.6 Å². The van der Waals surface area contributed by atoms with Gasteiger partial charge in [-0.05, 0) is 84.1 Å². The first-order valence-electron chi connectivity index (χ1n) is 16.3. The van der Waals surface area contributed by atoms with Gasteiger partial charge < -0.3 is 24.6 Å². The largest absolute Gasteiger partial charge is 0.496 e. The van der Waals surface area contributed by atoms with Crippen molar-refractivity contribution in [2.24, 2.45) is 0 Å². The lowest BCUT2D eigenvalue weighted by Crippen LogP contribution is -2.35. The molecule has 1 aromatic heterocycles. The fraction of sp³-hybridized carbons (Fsp3) is 0.146. The number of hydrogen-bond donors (Lipinski definition) is 2. The minimum absolute atomic E-state index is 0.0655. The first-order chi connectivity index (χ1) is 24.6. The van der Waals surface area contributed by atoms with Gasteiger partial charge >= 0.3 is 5.97 Å². The number of benzene rings is 5. The summed E-state index contributed by atoms with van der Waals surface area (Å²) in [5, 5.41) is 16.6. The Kier molecular flexibility index (Phi) is 10.3. The Morgan fingerprint density at radius 1 is 0.765 bits per heavy atom. The van der Waals surface area contributed by atoms with E-state index in [4.69, 9.17) is 9.26 Å². The molecule has 2 amide bonds. The molecule has 0 unspecified atom stereocenters. The summed E-state index contributed by atoms with van der Waals surface area (Å²) in [6, 6.07) is 35.4. The molecule has 6 aromatic rings. The Labute approximate surface area is 295 Å². The number of carbonyl (C=O) groups is 3. The zero-order valence-electron chi connectivity index (χ0n) is 28.4. The van der Waals surface area contributed by atoms with Gasteiger partial charge in [-0.3, -0.25) is 14.4 Å². The number of carboxylic acid groups (broad SMARTS) is 1. The number of ether oxygens (including phenoxy) is 1. The molecule has 5 aromatic carbocycles. The number of carbonyl (C=O) groups excluding carboxylic acids is 2. The number of aromatic nitrogens is 2. The van der Waals surface area contributed by atoms with Crippen LogP contribution in [0.5, 0.6) is 5.75 Å². The first kappa shape index (κ1) is 34.3. The Morgan fingerprint density at radius 2 is 1.37 bits per heavy atom. The molecule has 0 fully saturated rings. The van der Waals surface area contributed by atoms with Crippen LogP contribution in [0, 0.1) is 13.8 Å². The average molecular weight is 681 g/mol. The lowest BCUT2D eigenvalue weighted by molar-refractivity contribution is -0.137. The second-order valence-corrected chi connectivity index (χ2v) is 12.2. The third-order valence-corrected chi connectivity index (χ3v) is 8.38. The van der Waals surface area contributed by atoms with Crippen LogP contribution >= 0.6 is 0 Å². The Balaban J connectivity index is 1.08. The number of nitrogens with zero attached hydrogens (tertiary/aromatic N) is 3. The summed E-state index contributed by atoms with van der Waals surface area (Å²) >= 11 is 0. The van der Waals surface area contributed by atoms with Crippen LogP contribution in [0.4, 0.5) is 5.69 Å². The molecule has 6 rings (SSSR count). The zero-order valence-corrected chi connectivity index (χ0v) is 28.4. The van der Waals surface area contributed by atoms with Crippen LogP contribution in [0.25, 0.3) is 34.0 Å². The van der Waals surface area contributed by atoms with Crippen LogP contribution < -0.4 is 10.1 Å². The molecule has 0 spiro atoms. The van der Waals surface area contributed by atoms with Crippen molar-refractivity contribution < 1.29 is 28.8 Å². The second kappa shape index (κ2) is 15.3. The highest BCUT2D eigenvalue weighted by molar-refractivity contribution is 5.97. The van der Waals surface area contributed by atoms with E-state index in [9.17, 15) is 19.5 Å². The van der Waals surface area contributed by atoms with Gasteiger partial charge in [-0.15, -0.1) is 0 Å². The number of carboxylic acids is 1. The predicted octanol–water partition coefficient (Wildman–Crippen LogP) is 7.60. The highest BCUT2D eigenvalue weighted by Gasteiger charge is 2.20. The summed E-state index contributed by atoms with van der Waals surface area (Å²) < 4.78 is 10.8. The van der Waals surface area contributed by atoms with Crippen molar-refractivity contribution in [1.82, 2.24) is 15.0 Å². The van der Waals surface area contributed by atoms with Crippen molar-refractivity contribution in [2.75, 3.05) is 19.0 Å². The predicted molar refractivity (Wildman–Crippen MR) is 194 cm³/mol. The molecule has 256 valence electrons. The summed E-state index contributed by atoms with van der Waals surface area (Å²) in [5.74, 6) is -0.250. The quantitative estimate of drug-likeness (QED) is 0.135. The number of aliphatic carboxylic acids is 1. The molecule has 0 bridgehead atoms. The average Bonchev–Trinajstić information content (AvgIpc) is 3.63. The number of amides is 2. The van der Waals surface area contributed by atoms with Crippen molar-refractivity contribution in [3.05, 3.63) is 143 Å². The number of anilines is 1. The van der Waals surface area contributed by atoms with Crippen molar-refractivity contribution in [2.45, 2.75) is 26.8 Å². The van der Waals surface area contributed by atoms with Crippen molar-refractivity contribution in [3.63, 3.8) is 0 Å². The molecular weight excluding hydrogens is 644 g/mol. The summed E-state index contributed by atoms with van der Waals surface area (Å²) in [4.78, 5) is 43.6. The van der Waals surface area contributed by atoms with Crippen LogP contribution in [-0.2, 0) is 22.6 Å². The number of rotatable bonds is 12. The number of hydrogen-bond acceptors (Lipinski definition) is 7. The Hall–Kier alpha value is -6.55. The highest BCUT2D eigenvalue weighted by Crippen LogP contribution is 2.27. The van der Waals surface area contributed by atoms with E-state index in [-0.39, 0.29) is 18.9 Å². The molecule has 0 radical (unpaired) electrons. The standard InChI is InChI=1S/C41H36N4O6/c1-26-4-9-30(10-5-26)31-13-15-33(16-14-31)40-43-39(44-51-40)32-11-6-28(7-12-32)24-45(25-38(47)48)41(49)34-17-19-35(20-18-34)42-37(46)23-29-8-21-36(50-3)27(2)22-29/h4-22H,23-25H2,1-3H3,(H,42,46)(H,47,48). The summed E-state index contributed by atoms with van der Waals surface area (Å²) in [6.07, 6.45) is 0.174. The maximum Gasteiger partial charge on any atom is 0.323 e. The molecule has 0 saturated heterocycles. The fourth-order valence-electron chi connectivity index (χ4n) is 5.67. The van der Waals surface area contributed by atoms with Crippen molar-refractivity contribution >= 4 is 23.5 Å². The maximum atomic E-state index is 13.4. The highest BCUT2D eigenvalue weighted by atomic mass is 16.5. The third kappa shape index (κ3) is 8.55. The minimum atomic E-state index is -1.14. The second-order valence-electron chi connectivity index (χ2n) is 12.2. The topological polar surface area (TPSA) is 135 Å². The van der Waals surface area contributed by atoms with Gasteiger partial charge in [-0.25, -0.2) is 0 Å². The Morgan fingerprint density at radius 3 is 2.00 bits per heavy atom. The van der Waals surface area contributed by atoms with Crippen LogP contribution in [0.3, 0.4) is 0 Å². The van der Waals surface area contributed by atoms with Gasteiger partial charge in [0.05, 0.1) is 13.5 Å². The van der Waals surface area contributed by atoms with E-state index in [0.717, 1.165) is 39.1 Å². The molecule has 0 aliphatic carbocycles. The monoisotopic (exact) mass is 680 g/mol. The lowest BCUT2D eigenvalue weighted by Gasteiger charge is -2.21. The van der Waals surface area contributed by atoms with Crippen molar-refractivity contribution in [3.8, 4) is 39.7 Å². The lowest BCUT2D eigenvalue weighted by atomic mass is 10.0. The molecule has 1 heterocycles. The van der Waals surface area contributed by atoms with E-state index in [1.165, 1.54) is 10.5 Å². The van der Waals surface area contributed by atoms with Crippen LogP contribution in [0.1, 0.15) is 32.6 Å². The van der Waals surface area contributed by atoms with Gasteiger partial charge in [0.1, 0.15) is 12.3 Å². The van der Waals surface area contributed by atoms with Gasteiger partial charge in [0.15, 0.2) is 0 Å². The van der Waals surface area contributed by atoms with Gasteiger partial charge in [0, 0.05) is 28.9 Å². The smallest absolute Gasteiger partial charge is 0.323 e. The minimum Gasteiger partial charge on any atom is -0.496 e. The molecule has 0 atom stereocenters. The molecule has 0 aliphatic rings. The van der Waals surface area contributed by atoms with Gasteiger partial charge in [-0.1, -0.05) is 83.5 Å². The number of aryl methyl sites for hydroxylation is 2. The van der Waals surface area contributed by atoms with E-state index in [1.807, 2.05) is 49.4 Å². The van der Waals surface area contributed by atoms with Crippen molar-refractivity contribution in [1.29, 1.82) is 0 Å². The van der Waals surface area contributed by atoms with E-state index < -0.39 is 18.4 Å². The maximum absolute atomic E-state index is 13.4. The van der Waals surface area contributed by atoms with Crippen LogP contribution in [0.15, 0.2) is 120 Å². The van der Waals surface area contributed by atoms with E-state index >= 15 is 0 Å².